The second kappa shape index (κ2) is 3.19. The van der Waals surface area contributed by atoms with Crippen molar-refractivity contribution < 1.29 is 13.5 Å². The molecule has 3 nitrogen and oxygen atoms in total. The van der Waals surface area contributed by atoms with E-state index in [9.17, 15) is 8.42 Å². The van der Waals surface area contributed by atoms with E-state index < -0.39 is 9.84 Å². The number of hydrogen-bond donors (Lipinski definition) is 1. The van der Waals surface area contributed by atoms with Gasteiger partial charge in [0, 0.05) is 16.9 Å². The summed E-state index contributed by atoms with van der Waals surface area (Å²) in [5, 5.41) is 9.63. The van der Waals surface area contributed by atoms with Gasteiger partial charge in [0.15, 0.2) is 9.84 Å². The van der Waals surface area contributed by atoms with Crippen molar-refractivity contribution in [3.8, 4) is 0 Å². The number of allylic oxidation sites excluding steroid dienone is 3. The van der Waals surface area contributed by atoms with Crippen LogP contribution in [0.5, 0.6) is 0 Å². The SMILES string of the molecule is O=S1(=O)C=CC=C1CCCO. The van der Waals surface area contributed by atoms with Crippen LogP contribution in [0.2, 0.25) is 0 Å². The summed E-state index contributed by atoms with van der Waals surface area (Å²) in [5.41, 5.74) is 0. The van der Waals surface area contributed by atoms with E-state index in [0.29, 0.717) is 17.7 Å². The van der Waals surface area contributed by atoms with Gasteiger partial charge in [0.05, 0.1) is 0 Å². The molecule has 0 aliphatic carbocycles. The molecule has 0 saturated heterocycles. The van der Waals surface area contributed by atoms with Gasteiger partial charge in [-0.1, -0.05) is 0 Å². The Labute approximate surface area is 66.0 Å². The predicted molar refractivity (Wildman–Crippen MR) is 42.5 cm³/mol. The number of aliphatic hydroxyl groups excluding tert-OH is 1. The molecular formula is C7H10O3S. The summed E-state index contributed by atoms with van der Waals surface area (Å²) in [4.78, 5) is 0.409. The number of sulfone groups is 1. The molecule has 1 rings (SSSR count). The van der Waals surface area contributed by atoms with Gasteiger partial charge in [-0.15, -0.1) is 0 Å². The van der Waals surface area contributed by atoms with E-state index in [0.717, 1.165) is 0 Å². The van der Waals surface area contributed by atoms with Crippen LogP contribution in [0.4, 0.5) is 0 Å². The molecule has 0 spiro atoms. The Morgan fingerprint density at radius 1 is 1.45 bits per heavy atom. The highest BCUT2D eigenvalue weighted by atomic mass is 32.2. The molecule has 62 valence electrons. The van der Waals surface area contributed by atoms with Gasteiger partial charge < -0.3 is 5.11 Å². The monoisotopic (exact) mass is 174 g/mol. The second-order valence-corrected chi connectivity index (χ2v) is 4.22. The number of aliphatic hydroxyl groups is 1. The van der Waals surface area contributed by atoms with Gasteiger partial charge in [0.25, 0.3) is 0 Å². The second-order valence-electron chi connectivity index (χ2n) is 2.33. The molecule has 11 heavy (non-hydrogen) atoms. The first-order chi connectivity index (χ1) is 5.17. The Bertz CT molecular complexity index is 285. The van der Waals surface area contributed by atoms with Crippen LogP contribution in [0.1, 0.15) is 12.8 Å². The van der Waals surface area contributed by atoms with Crippen LogP contribution in [-0.2, 0) is 9.84 Å². The van der Waals surface area contributed by atoms with Crippen LogP contribution in [0.15, 0.2) is 22.5 Å². The van der Waals surface area contributed by atoms with Crippen molar-refractivity contribution in [2.75, 3.05) is 6.61 Å². The normalized spacial score (nSPS) is 20.3. The van der Waals surface area contributed by atoms with Gasteiger partial charge >= 0.3 is 0 Å². The first-order valence-corrected chi connectivity index (χ1v) is 4.94. The van der Waals surface area contributed by atoms with E-state index in [2.05, 4.69) is 0 Å². The van der Waals surface area contributed by atoms with Gasteiger partial charge in [-0.05, 0) is 25.0 Å². The molecule has 0 atom stereocenters. The third kappa shape index (κ3) is 1.91. The summed E-state index contributed by atoms with van der Waals surface area (Å²) in [6.45, 7) is 0.0346. The summed E-state index contributed by atoms with van der Waals surface area (Å²) in [7, 11) is -3.09. The zero-order chi connectivity index (χ0) is 8.32. The Hall–Kier alpha value is -0.610. The lowest BCUT2D eigenvalue weighted by Gasteiger charge is -1.98. The average Bonchev–Trinajstić information content (AvgIpc) is 2.25. The van der Waals surface area contributed by atoms with Crippen LogP contribution in [0.3, 0.4) is 0 Å². The number of rotatable bonds is 3. The molecule has 0 aromatic carbocycles. The molecule has 0 fully saturated rings. The molecule has 0 bridgehead atoms. The predicted octanol–water partition coefficient (Wildman–Crippen LogP) is 0.585. The minimum atomic E-state index is -3.09. The van der Waals surface area contributed by atoms with E-state index in [1.165, 1.54) is 11.5 Å². The fourth-order valence-corrected chi connectivity index (χ4v) is 2.07. The lowest BCUT2D eigenvalue weighted by atomic mass is 10.3. The van der Waals surface area contributed by atoms with Crippen molar-refractivity contribution in [3.63, 3.8) is 0 Å². The summed E-state index contributed by atoms with van der Waals surface area (Å²) < 4.78 is 22.1. The Balaban J connectivity index is 2.63. The van der Waals surface area contributed by atoms with Crippen molar-refractivity contribution in [2.24, 2.45) is 0 Å². The van der Waals surface area contributed by atoms with E-state index in [1.807, 2.05) is 0 Å². The highest BCUT2D eigenvalue weighted by Gasteiger charge is 2.16. The zero-order valence-electron chi connectivity index (χ0n) is 6.03. The highest BCUT2D eigenvalue weighted by molar-refractivity contribution is 7.98. The van der Waals surface area contributed by atoms with Gasteiger partial charge in [0.2, 0.25) is 0 Å². The molecule has 1 heterocycles. The summed E-state index contributed by atoms with van der Waals surface area (Å²) >= 11 is 0. The third-order valence-corrected chi connectivity index (χ3v) is 3.07. The number of hydrogen-bond acceptors (Lipinski definition) is 3. The summed E-state index contributed by atoms with van der Waals surface area (Å²) in [6, 6.07) is 0. The van der Waals surface area contributed by atoms with Crippen LogP contribution in [-0.4, -0.2) is 20.1 Å². The van der Waals surface area contributed by atoms with Gasteiger partial charge in [0.1, 0.15) is 0 Å². The van der Waals surface area contributed by atoms with Gasteiger partial charge in [-0.25, -0.2) is 8.42 Å². The Morgan fingerprint density at radius 3 is 2.64 bits per heavy atom. The third-order valence-electron chi connectivity index (χ3n) is 1.49. The molecule has 1 aliphatic heterocycles. The maximum absolute atomic E-state index is 11.0. The minimum Gasteiger partial charge on any atom is -0.396 e. The first-order valence-electron chi connectivity index (χ1n) is 3.40. The van der Waals surface area contributed by atoms with Crippen molar-refractivity contribution in [1.82, 2.24) is 0 Å². The van der Waals surface area contributed by atoms with E-state index in [1.54, 1.807) is 6.08 Å². The molecule has 0 aromatic rings. The fourth-order valence-electron chi connectivity index (χ4n) is 0.911. The zero-order valence-corrected chi connectivity index (χ0v) is 6.84. The van der Waals surface area contributed by atoms with Crippen LogP contribution in [0.25, 0.3) is 0 Å². The Morgan fingerprint density at radius 2 is 2.18 bits per heavy atom. The van der Waals surface area contributed by atoms with Gasteiger partial charge in [-0.2, -0.15) is 0 Å². The van der Waals surface area contributed by atoms with Crippen molar-refractivity contribution in [3.05, 3.63) is 22.5 Å². The molecular weight excluding hydrogens is 164 g/mol. The molecule has 0 saturated carbocycles. The van der Waals surface area contributed by atoms with E-state index in [4.69, 9.17) is 5.11 Å². The van der Waals surface area contributed by atoms with Crippen molar-refractivity contribution >= 4 is 9.84 Å². The van der Waals surface area contributed by atoms with E-state index in [-0.39, 0.29) is 6.61 Å². The van der Waals surface area contributed by atoms with Crippen LogP contribution < -0.4 is 0 Å². The standard InChI is InChI=1S/C7H10O3S/c8-5-1-3-7-4-2-6-11(7,9)10/h2,4,6,8H,1,3,5H2. The maximum atomic E-state index is 11.0. The smallest absolute Gasteiger partial charge is 0.196 e. The lowest BCUT2D eigenvalue weighted by molar-refractivity contribution is 0.289. The van der Waals surface area contributed by atoms with Crippen molar-refractivity contribution in [1.29, 1.82) is 0 Å². The van der Waals surface area contributed by atoms with Crippen LogP contribution >= 0.6 is 0 Å². The Kier molecular flexibility index (Phi) is 2.46. The first kappa shape index (κ1) is 8.49. The summed E-state index contributed by atoms with van der Waals surface area (Å²) in [6.07, 6.45) is 4.03. The lowest BCUT2D eigenvalue weighted by Crippen LogP contribution is -1.97. The molecule has 0 unspecified atom stereocenters. The van der Waals surface area contributed by atoms with E-state index >= 15 is 0 Å². The molecule has 1 N–H and O–H groups in total. The molecule has 0 amide bonds. The minimum absolute atomic E-state index is 0.0346. The average molecular weight is 174 g/mol. The fraction of sp³-hybridized carbons (Fsp3) is 0.429. The van der Waals surface area contributed by atoms with Gasteiger partial charge in [-0.3, -0.25) is 0 Å². The maximum Gasteiger partial charge on any atom is 0.196 e. The topological polar surface area (TPSA) is 54.4 Å². The highest BCUT2D eigenvalue weighted by Crippen LogP contribution is 2.20. The van der Waals surface area contributed by atoms with Crippen LogP contribution in [0, 0.1) is 0 Å². The van der Waals surface area contributed by atoms with Crippen molar-refractivity contribution in [2.45, 2.75) is 12.8 Å². The molecule has 1 aliphatic rings. The molecule has 4 heteroatoms. The largest absolute Gasteiger partial charge is 0.396 e. The molecule has 0 aromatic heterocycles. The molecule has 0 radical (unpaired) electrons. The summed E-state index contributed by atoms with van der Waals surface area (Å²) in [5.74, 6) is 0. The quantitative estimate of drug-likeness (QED) is 0.681.